The van der Waals surface area contributed by atoms with Gasteiger partial charge in [0.2, 0.25) is 0 Å². The van der Waals surface area contributed by atoms with E-state index in [1.54, 1.807) is 0 Å². The van der Waals surface area contributed by atoms with E-state index in [1.807, 2.05) is 19.0 Å². The Labute approximate surface area is 278 Å². The van der Waals surface area contributed by atoms with Gasteiger partial charge in [-0.25, -0.2) is 19.0 Å². The summed E-state index contributed by atoms with van der Waals surface area (Å²) in [6.07, 6.45) is -4.60. The quantitative estimate of drug-likeness (QED) is 0.0256. The van der Waals surface area contributed by atoms with E-state index in [1.165, 1.54) is 32.1 Å². The second kappa shape index (κ2) is 21.6. The average Bonchev–Trinajstić information content (AvgIpc) is 3.02. The summed E-state index contributed by atoms with van der Waals surface area (Å²) in [7, 11) is 5.24. The Morgan fingerprint density at radius 2 is 1.83 bits per heavy atom. The Morgan fingerprint density at radius 1 is 1.17 bits per heavy atom. The number of ether oxygens (including phenoxy) is 2. The highest BCUT2D eigenvalue weighted by atomic mass is 32.2. The molecule has 10 N–H and O–H groups in total. The second-order valence-electron chi connectivity index (χ2n) is 11.0. The number of aliphatic hydroxyl groups is 5. The molecule has 47 heavy (non-hydrogen) atoms. The van der Waals surface area contributed by atoms with E-state index in [4.69, 9.17) is 21.1 Å². The molecule has 1 rings (SSSR count). The third kappa shape index (κ3) is 14.4. The third-order valence-corrected chi connectivity index (χ3v) is 8.25. The fourth-order valence-electron chi connectivity index (χ4n) is 4.12. The molecule has 19 heteroatoms. The number of hydrogen-bond donors (Lipinski definition) is 8. The standard InChI is InChI=1S/C28H51F3N8O7S/c1-7-18(29)23(31)19(30)12-16(2)20(32)13-39(33)14-22(45-21(15-40)17(3)41)47-28-26(43)24(25(42)27(44)46-28)38(6)36-35-9-11-37(5)10-8-34-4/h7,12-13,16-17,21-22,24-28,34,40-44H,1,8-11,14-15,32-33H2,2-6H3/b19-12+,20-13-,23-18-,36-35-. The van der Waals surface area contributed by atoms with Crippen LogP contribution in [0.4, 0.5) is 13.2 Å². The minimum absolute atomic E-state index is 0.0554. The van der Waals surface area contributed by atoms with Crippen LogP contribution in [-0.4, -0.2) is 149 Å². The van der Waals surface area contributed by atoms with Crippen LogP contribution in [0.25, 0.3) is 0 Å². The van der Waals surface area contributed by atoms with Crippen LogP contribution in [0.1, 0.15) is 13.8 Å². The molecule has 9 atom stereocenters. The lowest BCUT2D eigenvalue weighted by atomic mass is 10.0. The first-order valence-electron chi connectivity index (χ1n) is 14.8. The van der Waals surface area contributed by atoms with Crippen molar-refractivity contribution in [1.29, 1.82) is 0 Å². The van der Waals surface area contributed by atoms with Gasteiger partial charge in [0.15, 0.2) is 23.8 Å². The van der Waals surface area contributed by atoms with E-state index in [9.17, 15) is 38.7 Å². The van der Waals surface area contributed by atoms with Gasteiger partial charge in [-0.15, -0.1) is 0 Å². The Kier molecular flexibility index (Phi) is 19.7. The van der Waals surface area contributed by atoms with E-state index in [2.05, 4.69) is 22.2 Å². The highest BCUT2D eigenvalue weighted by Crippen LogP contribution is 2.34. The predicted molar refractivity (Wildman–Crippen MR) is 172 cm³/mol. The van der Waals surface area contributed by atoms with Crippen LogP contribution in [0.3, 0.4) is 0 Å². The molecule has 1 aliphatic heterocycles. The maximum Gasteiger partial charge on any atom is 0.194 e. The zero-order valence-corrected chi connectivity index (χ0v) is 28.2. The van der Waals surface area contributed by atoms with E-state index < -0.39 is 77.6 Å². The number of nitrogens with zero attached hydrogens (tertiary/aromatic N) is 5. The van der Waals surface area contributed by atoms with Crippen molar-refractivity contribution in [3.8, 4) is 0 Å². The van der Waals surface area contributed by atoms with E-state index >= 15 is 0 Å². The Hall–Kier alpha value is -2.30. The minimum Gasteiger partial charge on any atom is -0.400 e. The van der Waals surface area contributed by atoms with Crippen molar-refractivity contribution in [3.63, 3.8) is 0 Å². The summed E-state index contributed by atoms with van der Waals surface area (Å²) in [4.78, 5) is 2.04. The molecule has 0 radical (unpaired) electrons. The summed E-state index contributed by atoms with van der Waals surface area (Å²) < 4.78 is 52.5. The average molecular weight is 701 g/mol. The van der Waals surface area contributed by atoms with Crippen molar-refractivity contribution in [2.75, 3.05) is 60.5 Å². The van der Waals surface area contributed by atoms with Gasteiger partial charge < -0.3 is 56.0 Å². The van der Waals surface area contributed by atoms with Gasteiger partial charge in [0.1, 0.15) is 35.2 Å². The summed E-state index contributed by atoms with van der Waals surface area (Å²) in [6, 6.07) is -1.17. The fraction of sp³-hybridized carbons (Fsp3) is 0.714. The molecule has 0 aromatic rings. The third-order valence-electron chi connectivity index (χ3n) is 7.03. The molecular formula is C28H51F3N8O7S. The van der Waals surface area contributed by atoms with Crippen molar-refractivity contribution in [1.82, 2.24) is 20.2 Å². The number of hydrazine groups is 1. The Balaban J connectivity index is 3.14. The molecule has 0 amide bonds. The molecule has 9 unspecified atom stereocenters. The lowest BCUT2D eigenvalue weighted by Crippen LogP contribution is -2.61. The molecule has 0 aliphatic carbocycles. The fourth-order valence-corrected chi connectivity index (χ4v) is 5.38. The van der Waals surface area contributed by atoms with Gasteiger partial charge in [-0.1, -0.05) is 30.5 Å². The normalized spacial score (nSPS) is 25.8. The van der Waals surface area contributed by atoms with Crippen molar-refractivity contribution < 1.29 is 48.2 Å². The number of rotatable bonds is 21. The molecule has 0 aromatic heterocycles. The second-order valence-corrected chi connectivity index (χ2v) is 12.2. The van der Waals surface area contributed by atoms with Crippen molar-refractivity contribution in [2.24, 2.45) is 27.8 Å². The van der Waals surface area contributed by atoms with Gasteiger partial charge in [0.25, 0.3) is 0 Å². The van der Waals surface area contributed by atoms with Crippen LogP contribution in [0, 0.1) is 5.92 Å². The summed E-state index contributed by atoms with van der Waals surface area (Å²) in [6.45, 7) is 7.53. The van der Waals surface area contributed by atoms with Gasteiger partial charge in [0, 0.05) is 44.5 Å². The number of hydrogen-bond acceptors (Lipinski definition) is 15. The molecule has 0 saturated carbocycles. The molecule has 0 bridgehead atoms. The number of allylic oxidation sites excluding steroid dienone is 5. The van der Waals surface area contributed by atoms with Gasteiger partial charge in [-0.05, 0) is 33.2 Å². The maximum atomic E-state index is 14.1. The molecule has 1 aliphatic rings. The van der Waals surface area contributed by atoms with E-state index in [-0.39, 0.29) is 12.2 Å². The largest absolute Gasteiger partial charge is 0.400 e. The highest BCUT2D eigenvalue weighted by Gasteiger charge is 2.47. The molecule has 1 fully saturated rings. The highest BCUT2D eigenvalue weighted by molar-refractivity contribution is 8.00. The molecule has 0 aromatic carbocycles. The molecule has 272 valence electrons. The van der Waals surface area contributed by atoms with Crippen LogP contribution in [0.15, 0.2) is 58.4 Å². The minimum atomic E-state index is -1.75. The summed E-state index contributed by atoms with van der Waals surface area (Å²) in [5.74, 6) is 0.446. The predicted octanol–water partition coefficient (Wildman–Crippen LogP) is -0.179. The lowest BCUT2D eigenvalue weighted by Gasteiger charge is -2.44. The molecular weight excluding hydrogens is 649 g/mol. The summed E-state index contributed by atoms with van der Waals surface area (Å²) in [5.41, 5.74) is 3.61. The SMILES string of the molecule is C=C/C(F)=C(F)\C(F)=C/C(C)/C(N)=C/N(N)CC(OC(CO)C(C)O)SC1OC(O)C(O)C(N(C)/N=N\CCN(C)CCNC)C1O. The zero-order chi connectivity index (χ0) is 35.8. The van der Waals surface area contributed by atoms with Gasteiger partial charge in [-0.3, -0.25) is 5.01 Å². The van der Waals surface area contributed by atoms with Crippen LogP contribution in [0.5, 0.6) is 0 Å². The van der Waals surface area contributed by atoms with Crippen LogP contribution in [0.2, 0.25) is 0 Å². The smallest absolute Gasteiger partial charge is 0.194 e. The first-order valence-corrected chi connectivity index (χ1v) is 15.8. The number of halogens is 3. The van der Waals surface area contributed by atoms with Gasteiger partial charge in [-0.2, -0.15) is 5.11 Å². The molecule has 15 nitrogen and oxygen atoms in total. The number of likely N-dealkylation sites (N-methyl/N-ethyl adjacent to an activating group) is 3. The van der Waals surface area contributed by atoms with Crippen molar-refractivity contribution >= 4 is 11.8 Å². The Morgan fingerprint density at radius 3 is 2.40 bits per heavy atom. The number of nitrogens with one attached hydrogen (secondary N) is 1. The topological polar surface area (TPSA) is 218 Å². The number of aliphatic hydroxyl groups excluding tert-OH is 5. The number of thioether (sulfide) groups is 1. The molecule has 0 spiro atoms. The maximum absolute atomic E-state index is 14.1. The van der Waals surface area contributed by atoms with Gasteiger partial charge >= 0.3 is 0 Å². The van der Waals surface area contributed by atoms with E-state index in [0.717, 1.165) is 35.9 Å². The monoisotopic (exact) mass is 700 g/mol. The van der Waals surface area contributed by atoms with Crippen molar-refractivity contribution in [2.45, 2.75) is 61.5 Å². The van der Waals surface area contributed by atoms with Crippen LogP contribution in [-0.2, 0) is 9.47 Å². The number of nitrogens with two attached hydrogens (primary N) is 2. The first kappa shape index (κ1) is 42.7. The zero-order valence-electron chi connectivity index (χ0n) is 27.4. The molecule has 1 saturated heterocycles. The van der Waals surface area contributed by atoms with E-state index in [0.29, 0.717) is 19.2 Å². The lowest BCUT2D eigenvalue weighted by molar-refractivity contribution is -0.248. The Bertz CT molecular complexity index is 1080. The van der Waals surface area contributed by atoms with Crippen molar-refractivity contribution in [3.05, 3.63) is 48.1 Å². The van der Waals surface area contributed by atoms with Crippen LogP contribution < -0.4 is 16.9 Å². The van der Waals surface area contributed by atoms with Gasteiger partial charge in [0.05, 0.1) is 25.8 Å². The van der Waals surface area contributed by atoms with Crippen LogP contribution >= 0.6 is 11.8 Å². The first-order chi connectivity index (χ1) is 22.1. The summed E-state index contributed by atoms with van der Waals surface area (Å²) in [5, 5.41) is 65.6. The summed E-state index contributed by atoms with van der Waals surface area (Å²) >= 11 is 0.816. The molecule has 1 heterocycles.